The van der Waals surface area contributed by atoms with Gasteiger partial charge in [-0.1, -0.05) is 36.8 Å². The van der Waals surface area contributed by atoms with Crippen molar-refractivity contribution in [2.75, 3.05) is 19.6 Å². The fourth-order valence-corrected chi connectivity index (χ4v) is 3.11. The second kappa shape index (κ2) is 5.74. The zero-order valence-electron chi connectivity index (χ0n) is 11.3. The molecule has 0 bridgehead atoms. The smallest absolute Gasteiger partial charge is 0.311 e. The maximum Gasteiger partial charge on any atom is 0.311 e. The Bertz CT molecular complexity index is 426. The van der Waals surface area contributed by atoms with E-state index in [-0.39, 0.29) is 18.0 Å². The Morgan fingerprint density at radius 3 is 2.58 bits per heavy atom. The number of likely N-dealkylation sites (tertiary alicyclic amines) is 1. The van der Waals surface area contributed by atoms with E-state index in [1.165, 1.54) is 19.3 Å². The van der Waals surface area contributed by atoms with Crippen LogP contribution in [-0.2, 0) is 9.53 Å². The number of ether oxygens (including phenoxy) is 1. The first-order chi connectivity index (χ1) is 9.33. The van der Waals surface area contributed by atoms with E-state index in [0.717, 1.165) is 31.6 Å². The summed E-state index contributed by atoms with van der Waals surface area (Å²) in [7, 11) is 0. The maximum absolute atomic E-state index is 12.0. The molecule has 3 nitrogen and oxygen atoms in total. The van der Waals surface area contributed by atoms with Crippen molar-refractivity contribution in [3.63, 3.8) is 0 Å². The summed E-state index contributed by atoms with van der Waals surface area (Å²) in [5.41, 5.74) is 1.12. The van der Waals surface area contributed by atoms with Crippen molar-refractivity contribution in [1.82, 2.24) is 4.90 Å². The van der Waals surface area contributed by atoms with Gasteiger partial charge in [0.1, 0.15) is 6.10 Å². The highest BCUT2D eigenvalue weighted by Crippen LogP contribution is 2.34. The van der Waals surface area contributed by atoms with Crippen LogP contribution in [0.3, 0.4) is 0 Å². The van der Waals surface area contributed by atoms with Gasteiger partial charge in [-0.05, 0) is 31.5 Å². The minimum absolute atomic E-state index is 0.0144. The predicted octanol–water partition coefficient (Wildman–Crippen LogP) is 2.78. The molecule has 1 aromatic rings. The summed E-state index contributed by atoms with van der Waals surface area (Å²) in [6.45, 7) is 3.15. The molecule has 102 valence electrons. The summed E-state index contributed by atoms with van der Waals surface area (Å²) in [6, 6.07) is 10.1. The van der Waals surface area contributed by atoms with Crippen LogP contribution in [0.15, 0.2) is 30.3 Å². The van der Waals surface area contributed by atoms with Crippen molar-refractivity contribution < 1.29 is 9.53 Å². The quantitative estimate of drug-likeness (QED) is 0.782. The monoisotopic (exact) mass is 259 g/mol. The number of hydrogen-bond acceptors (Lipinski definition) is 3. The van der Waals surface area contributed by atoms with Crippen LogP contribution in [0.2, 0.25) is 0 Å². The van der Waals surface area contributed by atoms with Crippen LogP contribution >= 0.6 is 0 Å². The fraction of sp³-hybridized carbons (Fsp3) is 0.562. The molecule has 0 aromatic heterocycles. The number of carbonyl (C=O) groups excluding carboxylic acids is 1. The molecule has 0 amide bonds. The van der Waals surface area contributed by atoms with Crippen molar-refractivity contribution in [3.8, 4) is 0 Å². The van der Waals surface area contributed by atoms with Gasteiger partial charge < -0.3 is 9.64 Å². The average Bonchev–Trinajstić information content (AvgIpc) is 2.82. The molecular weight excluding hydrogens is 238 g/mol. The lowest BCUT2D eigenvalue weighted by atomic mass is 9.99. The molecule has 1 unspecified atom stereocenters. The first-order valence-corrected chi connectivity index (χ1v) is 7.31. The first kappa shape index (κ1) is 12.7. The number of benzene rings is 1. The molecule has 2 aliphatic rings. The highest BCUT2D eigenvalue weighted by molar-refractivity contribution is 5.75. The number of esters is 1. The Labute approximate surface area is 114 Å². The number of hydrogen-bond donors (Lipinski definition) is 0. The van der Waals surface area contributed by atoms with E-state index in [4.69, 9.17) is 4.74 Å². The van der Waals surface area contributed by atoms with Crippen LogP contribution in [-0.4, -0.2) is 30.5 Å². The molecular formula is C16H21NO2. The summed E-state index contributed by atoms with van der Waals surface area (Å²) in [4.78, 5) is 14.4. The highest BCUT2D eigenvalue weighted by Gasteiger charge is 2.36. The van der Waals surface area contributed by atoms with Crippen LogP contribution in [0.4, 0.5) is 0 Å². The van der Waals surface area contributed by atoms with E-state index in [1.54, 1.807) is 0 Å². The Morgan fingerprint density at radius 1 is 1.11 bits per heavy atom. The van der Waals surface area contributed by atoms with Crippen molar-refractivity contribution in [3.05, 3.63) is 35.9 Å². The standard InChI is InChI=1S/C16H21NO2/c18-16-14(12-17-9-5-2-6-10-17)11-15(19-16)13-7-3-1-4-8-13/h1,3-4,7-8,14-15H,2,5-6,9-12H2/t14?,15-/m0/s1. The summed E-state index contributed by atoms with van der Waals surface area (Å²) in [5.74, 6) is 0.0442. The summed E-state index contributed by atoms with van der Waals surface area (Å²) in [6.07, 6.45) is 4.66. The minimum atomic E-state index is -0.0384. The molecule has 2 saturated heterocycles. The van der Waals surface area contributed by atoms with E-state index < -0.39 is 0 Å². The van der Waals surface area contributed by atoms with Gasteiger partial charge in [-0.3, -0.25) is 4.79 Å². The second-order valence-electron chi connectivity index (χ2n) is 5.63. The average molecular weight is 259 g/mol. The molecule has 2 fully saturated rings. The van der Waals surface area contributed by atoms with E-state index in [2.05, 4.69) is 4.90 Å². The zero-order valence-corrected chi connectivity index (χ0v) is 11.3. The molecule has 0 saturated carbocycles. The van der Waals surface area contributed by atoms with E-state index in [1.807, 2.05) is 30.3 Å². The number of rotatable bonds is 3. The summed E-state index contributed by atoms with van der Waals surface area (Å²) < 4.78 is 5.54. The normalized spacial score (nSPS) is 28.3. The van der Waals surface area contributed by atoms with Crippen LogP contribution in [0.1, 0.15) is 37.4 Å². The third-order valence-corrected chi connectivity index (χ3v) is 4.19. The molecule has 2 heterocycles. The second-order valence-corrected chi connectivity index (χ2v) is 5.63. The molecule has 0 radical (unpaired) electrons. The van der Waals surface area contributed by atoms with Crippen molar-refractivity contribution in [1.29, 1.82) is 0 Å². The SMILES string of the molecule is O=C1O[C@H](c2ccccc2)CC1CN1CCCCC1. The Hall–Kier alpha value is -1.35. The highest BCUT2D eigenvalue weighted by atomic mass is 16.6. The van der Waals surface area contributed by atoms with Crippen molar-refractivity contribution in [2.24, 2.45) is 5.92 Å². The van der Waals surface area contributed by atoms with Crippen LogP contribution < -0.4 is 0 Å². The topological polar surface area (TPSA) is 29.5 Å². The summed E-state index contributed by atoms with van der Waals surface area (Å²) in [5, 5.41) is 0. The molecule has 2 atom stereocenters. The van der Waals surface area contributed by atoms with Gasteiger partial charge in [0, 0.05) is 13.0 Å². The predicted molar refractivity (Wildman–Crippen MR) is 73.7 cm³/mol. The van der Waals surface area contributed by atoms with Gasteiger partial charge in [0.05, 0.1) is 5.92 Å². The number of piperidine rings is 1. The Kier molecular flexibility index (Phi) is 3.83. The van der Waals surface area contributed by atoms with Crippen LogP contribution in [0.25, 0.3) is 0 Å². The number of cyclic esters (lactones) is 1. The molecule has 2 aliphatic heterocycles. The molecule has 3 heteroatoms. The number of carbonyl (C=O) groups is 1. The van der Waals surface area contributed by atoms with Crippen molar-refractivity contribution >= 4 is 5.97 Å². The third-order valence-electron chi connectivity index (χ3n) is 4.19. The largest absolute Gasteiger partial charge is 0.457 e. The Balaban J connectivity index is 1.60. The van der Waals surface area contributed by atoms with Crippen LogP contribution in [0.5, 0.6) is 0 Å². The Morgan fingerprint density at radius 2 is 1.84 bits per heavy atom. The van der Waals surface area contributed by atoms with Gasteiger partial charge in [0.15, 0.2) is 0 Å². The fourth-order valence-electron chi connectivity index (χ4n) is 3.11. The van der Waals surface area contributed by atoms with Crippen LogP contribution in [0, 0.1) is 5.92 Å². The molecule has 0 spiro atoms. The lowest BCUT2D eigenvalue weighted by Crippen LogP contribution is -2.35. The first-order valence-electron chi connectivity index (χ1n) is 7.31. The maximum atomic E-state index is 12.0. The van der Waals surface area contributed by atoms with Gasteiger partial charge in [-0.2, -0.15) is 0 Å². The number of nitrogens with zero attached hydrogens (tertiary/aromatic N) is 1. The lowest BCUT2D eigenvalue weighted by Gasteiger charge is -2.27. The van der Waals surface area contributed by atoms with Gasteiger partial charge in [-0.25, -0.2) is 0 Å². The molecule has 0 N–H and O–H groups in total. The summed E-state index contributed by atoms with van der Waals surface area (Å²) >= 11 is 0. The third kappa shape index (κ3) is 2.98. The van der Waals surface area contributed by atoms with Gasteiger partial charge in [0.2, 0.25) is 0 Å². The molecule has 3 rings (SSSR count). The lowest BCUT2D eigenvalue weighted by molar-refractivity contribution is -0.145. The van der Waals surface area contributed by atoms with E-state index in [9.17, 15) is 4.79 Å². The van der Waals surface area contributed by atoms with Gasteiger partial charge in [0.25, 0.3) is 0 Å². The van der Waals surface area contributed by atoms with Crippen molar-refractivity contribution in [2.45, 2.75) is 31.8 Å². The molecule has 1 aromatic carbocycles. The van der Waals surface area contributed by atoms with E-state index in [0.29, 0.717) is 0 Å². The van der Waals surface area contributed by atoms with E-state index >= 15 is 0 Å². The van der Waals surface area contributed by atoms with Gasteiger partial charge >= 0.3 is 5.97 Å². The zero-order chi connectivity index (χ0) is 13.1. The molecule has 0 aliphatic carbocycles. The molecule has 19 heavy (non-hydrogen) atoms. The minimum Gasteiger partial charge on any atom is -0.457 e. The van der Waals surface area contributed by atoms with Gasteiger partial charge in [-0.15, -0.1) is 0 Å².